The molecule has 1 heterocycles. The summed E-state index contributed by atoms with van der Waals surface area (Å²) in [5, 5.41) is 11.4. The molecule has 0 aliphatic rings. The number of aromatic nitrogens is 2. The van der Waals surface area contributed by atoms with Crippen LogP contribution in [0.1, 0.15) is 31.1 Å². The van der Waals surface area contributed by atoms with Gasteiger partial charge in [-0.05, 0) is 31.2 Å². The summed E-state index contributed by atoms with van der Waals surface area (Å²) in [6.07, 6.45) is 0. The maximum atomic E-state index is 12.2. The van der Waals surface area contributed by atoms with Gasteiger partial charge in [0.25, 0.3) is 5.91 Å². The summed E-state index contributed by atoms with van der Waals surface area (Å²) in [5.74, 6) is -0.333. The number of carbonyl (C=O) groups excluding carboxylic acids is 1. The number of carbonyl (C=O) groups is 1. The van der Waals surface area contributed by atoms with Crippen molar-refractivity contribution < 1.29 is 13.2 Å². The number of hydrogen-bond donors (Lipinski definition) is 2. The Labute approximate surface area is 149 Å². The van der Waals surface area contributed by atoms with Crippen LogP contribution in [0.3, 0.4) is 0 Å². The first-order valence-corrected chi connectivity index (χ1v) is 10.6. The predicted molar refractivity (Wildman–Crippen MR) is 98.4 cm³/mol. The zero-order valence-electron chi connectivity index (χ0n) is 13.4. The molecule has 7 nitrogen and oxygen atoms in total. The summed E-state index contributed by atoms with van der Waals surface area (Å²) < 4.78 is 26.2. The number of hydrogen-bond acceptors (Lipinski definition) is 7. The second kappa shape index (κ2) is 7.95. The monoisotopic (exact) mass is 386 g/mol. The van der Waals surface area contributed by atoms with Crippen molar-refractivity contribution in [1.82, 2.24) is 10.2 Å². The van der Waals surface area contributed by atoms with E-state index in [-0.39, 0.29) is 11.7 Å². The quantitative estimate of drug-likeness (QED) is 0.560. The van der Waals surface area contributed by atoms with Crippen LogP contribution >= 0.6 is 23.1 Å². The molecule has 0 unspecified atom stereocenters. The molecule has 2 N–H and O–H groups in total. The van der Waals surface area contributed by atoms with Crippen LogP contribution in [-0.4, -0.2) is 35.5 Å². The van der Waals surface area contributed by atoms with E-state index in [4.69, 9.17) is 0 Å². The number of amides is 1. The average molecular weight is 387 g/mol. The predicted octanol–water partition coefficient (Wildman–Crippen LogP) is 3.05. The van der Waals surface area contributed by atoms with E-state index in [1.165, 1.54) is 11.3 Å². The van der Waals surface area contributed by atoms with Gasteiger partial charge >= 0.3 is 0 Å². The Bertz CT molecular complexity index is 801. The lowest BCUT2D eigenvalue weighted by Gasteiger charge is -2.06. The summed E-state index contributed by atoms with van der Waals surface area (Å²) in [4.78, 5) is 12.2. The van der Waals surface area contributed by atoms with E-state index in [1.54, 1.807) is 43.0 Å². The van der Waals surface area contributed by atoms with Crippen molar-refractivity contribution in [1.29, 1.82) is 0 Å². The van der Waals surface area contributed by atoms with Crippen molar-refractivity contribution in [2.45, 2.75) is 30.4 Å². The molecule has 0 aliphatic carbocycles. The molecule has 24 heavy (non-hydrogen) atoms. The minimum Gasteiger partial charge on any atom is -0.296 e. The van der Waals surface area contributed by atoms with Crippen molar-refractivity contribution in [2.24, 2.45) is 0 Å². The highest BCUT2D eigenvalue weighted by Crippen LogP contribution is 2.28. The van der Waals surface area contributed by atoms with Crippen molar-refractivity contribution in [3.05, 3.63) is 29.8 Å². The van der Waals surface area contributed by atoms with Gasteiger partial charge in [-0.25, -0.2) is 8.42 Å². The lowest BCUT2D eigenvalue weighted by molar-refractivity contribution is 0.102. The Balaban J connectivity index is 2.01. The van der Waals surface area contributed by atoms with Gasteiger partial charge in [-0.1, -0.05) is 36.9 Å². The van der Waals surface area contributed by atoms with E-state index in [9.17, 15) is 13.2 Å². The number of thioether (sulfide) groups is 1. The van der Waals surface area contributed by atoms with Crippen LogP contribution in [0.4, 0.5) is 10.8 Å². The molecular weight excluding hydrogens is 368 g/mol. The number of anilines is 2. The lowest BCUT2D eigenvalue weighted by atomic mass is 10.2. The first-order chi connectivity index (χ1) is 11.3. The highest BCUT2D eigenvalue weighted by molar-refractivity contribution is 8.01. The van der Waals surface area contributed by atoms with Gasteiger partial charge in [-0.2, -0.15) is 0 Å². The molecule has 1 amide bonds. The summed E-state index contributed by atoms with van der Waals surface area (Å²) in [5.41, 5.74) is 0.822. The standard InChI is InChI=1S/C14H18N4O3S3/c1-4-24(20,21)18-11-7-5-10(6-8-11)12(19)15-13-16-17-14(23-13)22-9(2)3/h5-9,18H,4H2,1-3H3,(H,15,16,19). The summed E-state index contributed by atoms with van der Waals surface area (Å²) in [6, 6.07) is 6.19. The van der Waals surface area contributed by atoms with Gasteiger partial charge < -0.3 is 0 Å². The van der Waals surface area contributed by atoms with Gasteiger partial charge in [0.1, 0.15) is 0 Å². The molecule has 0 saturated heterocycles. The summed E-state index contributed by atoms with van der Waals surface area (Å²) >= 11 is 2.90. The average Bonchev–Trinajstić information content (AvgIpc) is 2.93. The molecule has 1 aromatic carbocycles. The molecule has 0 atom stereocenters. The fraction of sp³-hybridized carbons (Fsp3) is 0.357. The second-order valence-corrected chi connectivity index (χ2v) is 9.89. The van der Waals surface area contributed by atoms with Crippen LogP contribution in [0.25, 0.3) is 0 Å². The molecule has 0 spiro atoms. The molecule has 2 aromatic rings. The molecule has 10 heteroatoms. The minimum atomic E-state index is -3.33. The highest BCUT2D eigenvalue weighted by Gasteiger charge is 2.12. The maximum Gasteiger partial charge on any atom is 0.257 e. The van der Waals surface area contributed by atoms with Crippen molar-refractivity contribution >= 4 is 49.8 Å². The first kappa shape index (κ1) is 18.7. The maximum absolute atomic E-state index is 12.2. The molecule has 0 aliphatic heterocycles. The molecule has 0 fully saturated rings. The normalized spacial score (nSPS) is 11.5. The smallest absolute Gasteiger partial charge is 0.257 e. The molecule has 130 valence electrons. The van der Waals surface area contributed by atoms with Gasteiger partial charge in [-0.15, -0.1) is 10.2 Å². The number of nitrogens with zero attached hydrogens (tertiary/aromatic N) is 2. The molecular formula is C14H18N4O3S3. The van der Waals surface area contributed by atoms with E-state index >= 15 is 0 Å². The van der Waals surface area contributed by atoms with E-state index in [0.717, 1.165) is 4.34 Å². The Morgan fingerprint density at radius 3 is 2.50 bits per heavy atom. The van der Waals surface area contributed by atoms with Gasteiger partial charge in [0.15, 0.2) is 4.34 Å². The van der Waals surface area contributed by atoms with Crippen LogP contribution in [0.5, 0.6) is 0 Å². The SMILES string of the molecule is CCS(=O)(=O)Nc1ccc(C(=O)Nc2nnc(SC(C)C)s2)cc1. The number of rotatable bonds is 7. The number of sulfonamides is 1. The van der Waals surface area contributed by atoms with Gasteiger partial charge in [0.2, 0.25) is 15.2 Å². The third-order valence-corrected chi connectivity index (χ3v) is 6.00. The Morgan fingerprint density at radius 2 is 1.92 bits per heavy atom. The summed E-state index contributed by atoms with van der Waals surface area (Å²) in [6.45, 7) is 5.66. The van der Waals surface area contributed by atoms with Gasteiger partial charge in [-0.3, -0.25) is 14.8 Å². The largest absolute Gasteiger partial charge is 0.296 e. The van der Waals surface area contributed by atoms with E-state index in [1.807, 2.05) is 0 Å². The van der Waals surface area contributed by atoms with Crippen LogP contribution in [-0.2, 0) is 10.0 Å². The topological polar surface area (TPSA) is 101 Å². The Kier molecular flexibility index (Phi) is 6.19. The lowest BCUT2D eigenvalue weighted by Crippen LogP contribution is -2.15. The molecule has 0 radical (unpaired) electrons. The first-order valence-electron chi connectivity index (χ1n) is 7.21. The van der Waals surface area contributed by atoms with Crippen LogP contribution in [0, 0.1) is 0 Å². The van der Waals surface area contributed by atoms with Crippen LogP contribution in [0.2, 0.25) is 0 Å². The second-order valence-electron chi connectivity index (χ2n) is 5.08. The number of nitrogens with one attached hydrogen (secondary N) is 2. The molecule has 0 saturated carbocycles. The molecule has 0 bridgehead atoms. The van der Waals surface area contributed by atoms with E-state index in [2.05, 4.69) is 34.1 Å². The van der Waals surface area contributed by atoms with Crippen LogP contribution < -0.4 is 10.0 Å². The number of benzene rings is 1. The van der Waals surface area contributed by atoms with Gasteiger partial charge in [0.05, 0.1) is 5.75 Å². The third kappa shape index (κ3) is 5.46. The van der Waals surface area contributed by atoms with E-state index in [0.29, 0.717) is 21.6 Å². The van der Waals surface area contributed by atoms with Crippen molar-refractivity contribution in [3.8, 4) is 0 Å². The minimum absolute atomic E-state index is 0.0109. The van der Waals surface area contributed by atoms with Crippen molar-refractivity contribution in [2.75, 3.05) is 15.8 Å². The molecule has 1 aromatic heterocycles. The van der Waals surface area contributed by atoms with Crippen LogP contribution in [0.15, 0.2) is 28.6 Å². The molecule has 2 rings (SSSR count). The summed E-state index contributed by atoms with van der Waals surface area (Å²) in [7, 11) is -3.33. The zero-order valence-corrected chi connectivity index (χ0v) is 15.9. The van der Waals surface area contributed by atoms with E-state index < -0.39 is 10.0 Å². The third-order valence-electron chi connectivity index (χ3n) is 2.76. The highest BCUT2D eigenvalue weighted by atomic mass is 32.2. The Morgan fingerprint density at radius 1 is 1.25 bits per heavy atom. The fourth-order valence-corrected chi connectivity index (χ4v) is 4.23. The van der Waals surface area contributed by atoms with Crippen molar-refractivity contribution in [3.63, 3.8) is 0 Å². The zero-order chi connectivity index (χ0) is 17.7. The Hall–Kier alpha value is -1.65. The fourth-order valence-electron chi connectivity index (χ4n) is 1.62. The van der Waals surface area contributed by atoms with Gasteiger partial charge in [0, 0.05) is 16.5 Å².